The van der Waals surface area contributed by atoms with Gasteiger partial charge in [0, 0.05) is 22.6 Å². The van der Waals surface area contributed by atoms with Gasteiger partial charge in [-0.15, -0.1) is 0 Å². The Hall–Kier alpha value is -2.46. The normalized spacial score (nSPS) is 11.7. The topological polar surface area (TPSA) is 38.9 Å². The Balaban J connectivity index is 1.82. The van der Waals surface area contributed by atoms with E-state index in [0.29, 0.717) is 22.3 Å². The van der Waals surface area contributed by atoms with Crippen molar-refractivity contribution < 1.29 is 8.91 Å². The van der Waals surface area contributed by atoms with Gasteiger partial charge in [0.05, 0.1) is 0 Å². The fraction of sp³-hybridized carbons (Fsp3) is 0.111. The van der Waals surface area contributed by atoms with E-state index in [1.165, 1.54) is 6.07 Å². The van der Waals surface area contributed by atoms with Crippen molar-refractivity contribution in [2.45, 2.75) is 13.3 Å². The van der Waals surface area contributed by atoms with Gasteiger partial charge in [-0.2, -0.15) is 4.98 Å². The second-order valence-electron chi connectivity index (χ2n) is 5.13. The molecule has 0 aliphatic rings. The van der Waals surface area contributed by atoms with Gasteiger partial charge in [-0.05, 0) is 30.7 Å². The van der Waals surface area contributed by atoms with E-state index in [2.05, 4.69) is 10.1 Å². The van der Waals surface area contributed by atoms with Crippen LogP contribution in [0.3, 0.4) is 0 Å². The van der Waals surface area contributed by atoms with Crippen molar-refractivity contribution in [2.24, 2.45) is 0 Å². The third kappa shape index (κ3) is 3.66. The monoisotopic (exact) mass is 328 g/mol. The fourth-order valence-corrected chi connectivity index (χ4v) is 2.44. The molecule has 3 rings (SSSR count). The van der Waals surface area contributed by atoms with E-state index in [1.807, 2.05) is 43.3 Å². The second kappa shape index (κ2) is 6.75. The van der Waals surface area contributed by atoms with Crippen LogP contribution in [0, 0.1) is 5.82 Å². The molecule has 0 saturated heterocycles. The van der Waals surface area contributed by atoms with Crippen LogP contribution in [-0.2, 0) is 6.42 Å². The van der Waals surface area contributed by atoms with Gasteiger partial charge in [0.25, 0.3) is 5.89 Å². The third-order valence-corrected chi connectivity index (χ3v) is 3.74. The first-order valence-corrected chi connectivity index (χ1v) is 7.50. The van der Waals surface area contributed by atoms with Crippen molar-refractivity contribution >= 4 is 23.3 Å². The molecule has 1 aromatic heterocycles. The number of benzene rings is 2. The molecule has 0 radical (unpaired) electrons. The summed E-state index contributed by atoms with van der Waals surface area (Å²) in [6, 6.07) is 14.4. The van der Waals surface area contributed by atoms with Gasteiger partial charge in [0.1, 0.15) is 5.82 Å². The summed E-state index contributed by atoms with van der Waals surface area (Å²) in [6.07, 6.45) is 2.14. The van der Waals surface area contributed by atoms with Gasteiger partial charge in [-0.25, -0.2) is 4.39 Å². The highest BCUT2D eigenvalue weighted by molar-refractivity contribution is 6.31. The molecule has 0 fully saturated rings. The van der Waals surface area contributed by atoms with Gasteiger partial charge < -0.3 is 4.52 Å². The summed E-state index contributed by atoms with van der Waals surface area (Å²) in [5.74, 6) is 0.435. The zero-order valence-electron chi connectivity index (χ0n) is 12.5. The molecule has 23 heavy (non-hydrogen) atoms. The SMILES string of the molecule is C/C(=C/c1ccccc1)c1nc(Cc2c(F)cccc2Cl)no1. The Kier molecular flexibility index (Phi) is 4.53. The lowest BCUT2D eigenvalue weighted by molar-refractivity contribution is 0.401. The molecule has 0 aliphatic carbocycles. The summed E-state index contributed by atoms with van der Waals surface area (Å²) in [6.45, 7) is 1.89. The fourth-order valence-electron chi connectivity index (χ4n) is 2.21. The second-order valence-corrected chi connectivity index (χ2v) is 5.54. The van der Waals surface area contributed by atoms with Gasteiger partial charge in [-0.1, -0.05) is 53.2 Å². The van der Waals surface area contributed by atoms with E-state index in [0.717, 1.165) is 11.1 Å². The van der Waals surface area contributed by atoms with Gasteiger partial charge in [-0.3, -0.25) is 0 Å². The molecule has 3 nitrogen and oxygen atoms in total. The number of halogens is 2. The number of hydrogen-bond acceptors (Lipinski definition) is 3. The Bertz CT molecular complexity index is 823. The number of hydrogen-bond donors (Lipinski definition) is 0. The summed E-state index contributed by atoms with van der Waals surface area (Å²) in [7, 11) is 0. The van der Waals surface area contributed by atoms with Crippen LogP contribution in [-0.4, -0.2) is 10.1 Å². The van der Waals surface area contributed by atoms with Gasteiger partial charge in [0.2, 0.25) is 0 Å². The molecule has 0 aliphatic heterocycles. The van der Waals surface area contributed by atoms with Crippen LogP contribution in [0.4, 0.5) is 4.39 Å². The average Bonchev–Trinajstić information content (AvgIpc) is 3.01. The lowest BCUT2D eigenvalue weighted by Gasteiger charge is -2.01. The quantitative estimate of drug-likeness (QED) is 0.675. The summed E-state index contributed by atoms with van der Waals surface area (Å²) in [5.41, 5.74) is 2.25. The molecule has 0 bridgehead atoms. The van der Waals surface area contributed by atoms with Gasteiger partial charge in [0.15, 0.2) is 5.82 Å². The van der Waals surface area contributed by atoms with Crippen LogP contribution in [0.25, 0.3) is 11.6 Å². The standard InChI is InChI=1S/C18H14ClFN2O/c1-12(10-13-6-3-2-4-7-13)18-21-17(22-23-18)11-14-15(19)8-5-9-16(14)20/h2-10H,11H2,1H3/b12-10-. The van der Waals surface area contributed by atoms with Crippen LogP contribution in [0.1, 0.15) is 29.8 Å². The Morgan fingerprint density at radius 1 is 1.17 bits per heavy atom. The third-order valence-electron chi connectivity index (χ3n) is 3.38. The van der Waals surface area contributed by atoms with Crippen molar-refractivity contribution in [3.63, 3.8) is 0 Å². The zero-order valence-corrected chi connectivity index (χ0v) is 13.2. The van der Waals surface area contributed by atoms with Crippen LogP contribution >= 0.6 is 11.6 Å². The number of nitrogens with zero attached hydrogens (tertiary/aromatic N) is 2. The predicted molar refractivity (Wildman–Crippen MR) is 88.5 cm³/mol. The molecule has 2 aromatic carbocycles. The highest BCUT2D eigenvalue weighted by atomic mass is 35.5. The first-order valence-electron chi connectivity index (χ1n) is 7.12. The molecule has 5 heteroatoms. The molecule has 0 N–H and O–H groups in total. The minimum absolute atomic E-state index is 0.188. The lowest BCUT2D eigenvalue weighted by Crippen LogP contribution is -1.96. The first-order chi connectivity index (χ1) is 11.1. The van der Waals surface area contributed by atoms with E-state index >= 15 is 0 Å². The van der Waals surface area contributed by atoms with E-state index in [1.54, 1.807) is 12.1 Å². The average molecular weight is 329 g/mol. The van der Waals surface area contributed by atoms with E-state index in [9.17, 15) is 4.39 Å². The smallest absolute Gasteiger partial charge is 0.253 e. The van der Waals surface area contributed by atoms with Crippen molar-refractivity contribution in [3.05, 3.63) is 82.2 Å². The summed E-state index contributed by atoms with van der Waals surface area (Å²) in [4.78, 5) is 4.31. The molecule has 0 unspecified atom stereocenters. The first kappa shape index (κ1) is 15.4. The van der Waals surface area contributed by atoms with Crippen molar-refractivity contribution in [2.75, 3.05) is 0 Å². The highest BCUT2D eigenvalue weighted by Gasteiger charge is 2.13. The number of rotatable bonds is 4. The zero-order chi connectivity index (χ0) is 16.2. The molecule has 3 aromatic rings. The summed E-state index contributed by atoms with van der Waals surface area (Å²) >= 11 is 6.02. The molecule has 0 amide bonds. The predicted octanol–water partition coefficient (Wildman–Crippen LogP) is 5.01. The van der Waals surface area contributed by atoms with Crippen molar-refractivity contribution in [1.29, 1.82) is 0 Å². The minimum atomic E-state index is -0.375. The number of allylic oxidation sites excluding steroid dienone is 1. The molecule has 1 heterocycles. The maximum Gasteiger partial charge on any atom is 0.253 e. The van der Waals surface area contributed by atoms with Crippen LogP contribution < -0.4 is 0 Å². The van der Waals surface area contributed by atoms with Crippen LogP contribution in [0.15, 0.2) is 53.1 Å². The Morgan fingerprint density at radius 2 is 1.96 bits per heavy atom. The lowest BCUT2D eigenvalue weighted by atomic mass is 10.1. The highest BCUT2D eigenvalue weighted by Crippen LogP contribution is 2.22. The van der Waals surface area contributed by atoms with Crippen molar-refractivity contribution in [3.8, 4) is 0 Å². The largest absolute Gasteiger partial charge is 0.334 e. The Morgan fingerprint density at radius 3 is 2.70 bits per heavy atom. The molecule has 0 atom stereocenters. The number of aromatic nitrogens is 2. The molecule has 116 valence electrons. The van der Waals surface area contributed by atoms with E-state index in [-0.39, 0.29) is 12.2 Å². The molecular weight excluding hydrogens is 315 g/mol. The maximum absolute atomic E-state index is 13.8. The van der Waals surface area contributed by atoms with Crippen LogP contribution in [0.2, 0.25) is 5.02 Å². The molecular formula is C18H14ClFN2O. The maximum atomic E-state index is 13.8. The summed E-state index contributed by atoms with van der Waals surface area (Å²) < 4.78 is 19.1. The van der Waals surface area contributed by atoms with Crippen molar-refractivity contribution in [1.82, 2.24) is 10.1 Å². The molecule has 0 spiro atoms. The minimum Gasteiger partial charge on any atom is -0.334 e. The Labute approximate surface area is 138 Å². The van der Waals surface area contributed by atoms with E-state index < -0.39 is 0 Å². The van der Waals surface area contributed by atoms with Gasteiger partial charge >= 0.3 is 0 Å². The molecule has 0 saturated carbocycles. The van der Waals surface area contributed by atoms with E-state index in [4.69, 9.17) is 16.1 Å². The van der Waals surface area contributed by atoms with Crippen LogP contribution in [0.5, 0.6) is 0 Å². The summed E-state index contributed by atoms with van der Waals surface area (Å²) in [5, 5.41) is 4.26.